The van der Waals surface area contributed by atoms with Gasteiger partial charge in [0, 0.05) is 0 Å². The molecule has 0 saturated carbocycles. The monoisotopic (exact) mass is 455 g/mol. The number of hydrogen-bond acceptors (Lipinski definition) is 2. The molecule has 1 atom stereocenters. The Morgan fingerprint density at radius 2 is 1.53 bits per heavy atom. The third-order valence-corrected chi connectivity index (χ3v) is 25.4. The van der Waals surface area contributed by atoms with Crippen LogP contribution in [0.3, 0.4) is 0 Å². The molecule has 112 valence electrons. The van der Waals surface area contributed by atoms with Crippen LogP contribution in [-0.4, -0.2) is 21.8 Å². The third-order valence-electron chi connectivity index (χ3n) is 4.22. The summed E-state index contributed by atoms with van der Waals surface area (Å²) in [6.45, 7) is 7.04. The van der Waals surface area contributed by atoms with Crippen LogP contribution in [0.25, 0.3) is 0 Å². The second-order valence-corrected chi connectivity index (χ2v) is 22.5. The van der Waals surface area contributed by atoms with E-state index in [0.717, 1.165) is 3.39 Å². The average Bonchev–Trinajstić information content (AvgIpc) is 2.85. The van der Waals surface area contributed by atoms with Crippen molar-refractivity contribution in [1.82, 2.24) is 5.32 Å². The van der Waals surface area contributed by atoms with Gasteiger partial charge in [0.1, 0.15) is 0 Å². The summed E-state index contributed by atoms with van der Waals surface area (Å²) in [5, 5.41) is 6.05. The predicted molar refractivity (Wildman–Crippen MR) is 96.4 cm³/mol. The molecule has 0 aromatic rings. The molecule has 1 N–H and O–H groups in total. The van der Waals surface area contributed by atoms with E-state index in [1.165, 1.54) is 43.1 Å². The Morgan fingerprint density at radius 3 is 1.84 bits per heavy atom. The SMILES string of the molecule is CCC[CH2][Sn]([CH2]CCC)([CH2]CCC)[CH]1NC(Br)=CS1. The van der Waals surface area contributed by atoms with Crippen molar-refractivity contribution in [3.05, 3.63) is 10.0 Å². The zero-order valence-electron chi connectivity index (χ0n) is 12.8. The van der Waals surface area contributed by atoms with Gasteiger partial charge >= 0.3 is 137 Å². The zero-order valence-corrected chi connectivity index (χ0v) is 18.1. The van der Waals surface area contributed by atoms with Crippen LogP contribution >= 0.6 is 27.7 Å². The van der Waals surface area contributed by atoms with E-state index in [2.05, 4.69) is 59.2 Å². The fourth-order valence-corrected chi connectivity index (χ4v) is 25.3. The summed E-state index contributed by atoms with van der Waals surface area (Å²) in [6, 6.07) is 0. The van der Waals surface area contributed by atoms with Crippen molar-refractivity contribution < 1.29 is 0 Å². The molecule has 0 radical (unpaired) electrons. The van der Waals surface area contributed by atoms with Crippen molar-refractivity contribution in [3.63, 3.8) is 0 Å². The van der Waals surface area contributed by atoms with Crippen LogP contribution in [-0.2, 0) is 0 Å². The summed E-state index contributed by atoms with van der Waals surface area (Å²) in [7, 11) is 0. The minimum atomic E-state index is -2.06. The molecule has 0 fully saturated rings. The van der Waals surface area contributed by atoms with E-state index in [0.29, 0.717) is 0 Å². The van der Waals surface area contributed by atoms with Gasteiger partial charge in [-0.2, -0.15) is 0 Å². The summed E-state index contributed by atoms with van der Waals surface area (Å²) in [5.41, 5.74) is 0. The first-order valence-corrected chi connectivity index (χ1v) is 17.4. The van der Waals surface area contributed by atoms with Gasteiger partial charge in [-0.25, -0.2) is 0 Å². The van der Waals surface area contributed by atoms with Gasteiger partial charge in [-0.1, -0.05) is 0 Å². The topological polar surface area (TPSA) is 12.0 Å². The van der Waals surface area contributed by atoms with E-state index in [-0.39, 0.29) is 0 Å². The van der Waals surface area contributed by atoms with Crippen molar-refractivity contribution in [2.75, 3.05) is 0 Å². The van der Waals surface area contributed by atoms with Gasteiger partial charge in [0.25, 0.3) is 0 Å². The van der Waals surface area contributed by atoms with Crippen LogP contribution < -0.4 is 5.32 Å². The van der Waals surface area contributed by atoms with E-state index in [1.54, 1.807) is 13.3 Å². The summed E-state index contributed by atoms with van der Waals surface area (Å²) in [4.78, 5) is 0. The van der Waals surface area contributed by atoms with E-state index in [4.69, 9.17) is 0 Å². The second-order valence-electron chi connectivity index (χ2n) is 5.80. The van der Waals surface area contributed by atoms with Gasteiger partial charge in [-0.05, 0) is 0 Å². The molecule has 0 aromatic heterocycles. The summed E-state index contributed by atoms with van der Waals surface area (Å²) < 4.78 is 6.78. The van der Waals surface area contributed by atoms with Crippen molar-refractivity contribution in [3.8, 4) is 0 Å². The van der Waals surface area contributed by atoms with Crippen LogP contribution in [0.15, 0.2) is 10.0 Å². The van der Waals surface area contributed by atoms with E-state index in [1.807, 2.05) is 0 Å². The number of nitrogens with one attached hydrogen (secondary N) is 1. The Bertz CT molecular complexity index is 262. The van der Waals surface area contributed by atoms with Gasteiger partial charge < -0.3 is 0 Å². The summed E-state index contributed by atoms with van der Waals surface area (Å²) >= 11 is 3.66. The molecule has 1 aliphatic heterocycles. The number of unbranched alkanes of at least 4 members (excludes halogenated alkanes) is 3. The van der Waals surface area contributed by atoms with Crippen molar-refractivity contribution in [2.45, 2.75) is 76.0 Å². The molecular formula is C15H30BrNSSn. The van der Waals surface area contributed by atoms with Gasteiger partial charge in [0.2, 0.25) is 0 Å². The molecule has 0 saturated heterocycles. The Kier molecular flexibility index (Phi) is 9.58. The van der Waals surface area contributed by atoms with Crippen LogP contribution in [0.4, 0.5) is 0 Å². The fraction of sp³-hybridized carbons (Fsp3) is 0.867. The molecule has 0 aliphatic carbocycles. The second kappa shape index (κ2) is 9.99. The maximum atomic E-state index is 3.76. The molecule has 1 heterocycles. The van der Waals surface area contributed by atoms with Crippen LogP contribution in [0.2, 0.25) is 13.3 Å². The van der Waals surface area contributed by atoms with E-state index >= 15 is 0 Å². The first kappa shape index (κ1) is 18.2. The molecule has 1 aliphatic rings. The van der Waals surface area contributed by atoms with Crippen LogP contribution in [0, 0.1) is 0 Å². The first-order valence-electron chi connectivity index (χ1n) is 7.96. The quantitative estimate of drug-likeness (QED) is 0.310. The minimum absolute atomic E-state index is 0.785. The van der Waals surface area contributed by atoms with Crippen molar-refractivity contribution in [1.29, 1.82) is 0 Å². The molecule has 0 spiro atoms. The van der Waals surface area contributed by atoms with E-state index < -0.39 is 18.4 Å². The molecular weight excluding hydrogens is 425 g/mol. The van der Waals surface area contributed by atoms with Crippen molar-refractivity contribution >= 4 is 46.1 Å². The standard InChI is InChI=1S/3C4H9.C3H3BrNS.Sn/c3*1-3-4-2;4-3-1-6-2-5-3;/h3*1,3-4H2,2H3;1-2,5H;. The molecule has 0 amide bonds. The van der Waals surface area contributed by atoms with Gasteiger partial charge in [-0.3, -0.25) is 0 Å². The van der Waals surface area contributed by atoms with Gasteiger partial charge in [-0.15, -0.1) is 0 Å². The molecule has 0 aromatic carbocycles. The van der Waals surface area contributed by atoms with Gasteiger partial charge in [0.05, 0.1) is 0 Å². The molecule has 0 bridgehead atoms. The molecule has 1 unspecified atom stereocenters. The predicted octanol–water partition coefficient (Wildman–Crippen LogP) is 6.23. The summed E-state index contributed by atoms with van der Waals surface area (Å²) in [5.74, 6) is 0. The number of thioether (sulfide) groups is 1. The molecule has 1 nitrogen and oxygen atoms in total. The normalized spacial score (nSPS) is 19.4. The molecule has 1 rings (SSSR count). The summed E-state index contributed by atoms with van der Waals surface area (Å²) in [6.07, 6.45) is 8.47. The Morgan fingerprint density at radius 1 is 1.05 bits per heavy atom. The maximum absolute atomic E-state index is 3.76. The Labute approximate surface area is 136 Å². The van der Waals surface area contributed by atoms with Crippen LogP contribution in [0.5, 0.6) is 0 Å². The third kappa shape index (κ3) is 5.82. The molecule has 19 heavy (non-hydrogen) atoms. The number of halogens is 1. The van der Waals surface area contributed by atoms with Crippen molar-refractivity contribution in [2.24, 2.45) is 0 Å². The average molecular weight is 455 g/mol. The van der Waals surface area contributed by atoms with Crippen LogP contribution in [0.1, 0.15) is 59.3 Å². The Hall–Kier alpha value is 1.17. The van der Waals surface area contributed by atoms with E-state index in [9.17, 15) is 0 Å². The number of hydrogen-bond donors (Lipinski definition) is 1. The molecule has 4 heteroatoms. The van der Waals surface area contributed by atoms with Gasteiger partial charge in [0.15, 0.2) is 0 Å². The zero-order chi connectivity index (χ0) is 14.1. The Balaban J connectivity index is 2.75. The fourth-order valence-electron chi connectivity index (χ4n) is 2.97. The first-order chi connectivity index (χ1) is 9.18. The number of rotatable bonds is 10.